The first-order valence-electron chi connectivity index (χ1n) is 13.0. The van der Waals surface area contributed by atoms with E-state index in [4.69, 9.17) is 4.42 Å². The Morgan fingerprint density at radius 1 is 0.614 bits per heavy atom. The summed E-state index contributed by atoms with van der Waals surface area (Å²) in [5.74, 6) is 0. The zero-order valence-corrected chi connectivity index (χ0v) is 24.5. The summed E-state index contributed by atoms with van der Waals surface area (Å²) in [5, 5.41) is 0. The first kappa shape index (κ1) is 29.5. The molecule has 5 nitrogen and oxygen atoms in total. The average Bonchev–Trinajstić information content (AvgIpc) is 3.77. The predicted molar refractivity (Wildman–Crippen MR) is 163 cm³/mol. The van der Waals surface area contributed by atoms with Gasteiger partial charge in [0.05, 0.1) is 45.7 Å². The second-order valence-electron chi connectivity index (χ2n) is 9.63. The second kappa shape index (κ2) is 11.5. The molecular formula is C32H19F6IN4O. The van der Waals surface area contributed by atoms with E-state index < -0.39 is 23.5 Å². The molecule has 0 fully saturated rings. The van der Waals surface area contributed by atoms with Gasteiger partial charge in [-0.3, -0.25) is 9.13 Å². The van der Waals surface area contributed by atoms with Crippen molar-refractivity contribution < 1.29 is 30.8 Å². The summed E-state index contributed by atoms with van der Waals surface area (Å²) in [7, 11) is 0. The highest BCUT2D eigenvalue weighted by molar-refractivity contribution is 14.1. The van der Waals surface area contributed by atoms with E-state index in [2.05, 4.69) is 9.97 Å². The number of furan rings is 1. The maximum absolute atomic E-state index is 13.2. The number of aromatic nitrogens is 4. The molecule has 12 heteroatoms. The van der Waals surface area contributed by atoms with Crippen molar-refractivity contribution in [2.45, 2.75) is 12.4 Å². The summed E-state index contributed by atoms with van der Waals surface area (Å²) in [6.45, 7) is 0. The summed E-state index contributed by atoms with van der Waals surface area (Å²) in [4.78, 5) is 8.26. The maximum Gasteiger partial charge on any atom is 0.416 e. The molecule has 0 saturated carbocycles. The van der Waals surface area contributed by atoms with Gasteiger partial charge in [0.15, 0.2) is 0 Å². The minimum absolute atomic E-state index is 0.282. The molecule has 0 aliphatic heterocycles. The van der Waals surface area contributed by atoms with Gasteiger partial charge in [-0.15, -0.1) is 0 Å². The number of alkyl halides is 6. The smallest absolute Gasteiger partial charge is 0.416 e. The van der Waals surface area contributed by atoms with Gasteiger partial charge in [-0.05, 0) is 77.2 Å². The van der Waals surface area contributed by atoms with Crippen LogP contribution in [-0.4, -0.2) is 19.1 Å². The van der Waals surface area contributed by atoms with Crippen LogP contribution in [0.5, 0.6) is 0 Å². The van der Waals surface area contributed by atoms with E-state index in [1.54, 1.807) is 21.5 Å². The van der Waals surface area contributed by atoms with Crippen molar-refractivity contribution in [3.63, 3.8) is 0 Å². The van der Waals surface area contributed by atoms with Crippen molar-refractivity contribution in [2.75, 3.05) is 0 Å². The largest absolute Gasteiger partial charge is 0.472 e. The molecule has 0 N–H and O–H groups in total. The van der Waals surface area contributed by atoms with Crippen molar-refractivity contribution in [2.24, 2.45) is 0 Å². The fraction of sp³-hybridized carbons (Fsp3) is 0.0625. The van der Waals surface area contributed by atoms with Gasteiger partial charge in [0.1, 0.15) is 12.7 Å². The van der Waals surface area contributed by atoms with Gasteiger partial charge in [-0.1, -0.05) is 36.4 Å². The van der Waals surface area contributed by atoms with Crippen LogP contribution >= 0.6 is 22.6 Å². The molecule has 4 aromatic carbocycles. The summed E-state index contributed by atoms with van der Waals surface area (Å²) in [6, 6.07) is 24.8. The molecular weight excluding hydrogens is 697 g/mol. The topological polar surface area (TPSA) is 48.8 Å². The van der Waals surface area contributed by atoms with Crippen LogP contribution in [0.1, 0.15) is 11.1 Å². The molecule has 0 unspecified atom stereocenters. The molecule has 0 saturated heterocycles. The molecule has 7 aromatic rings. The lowest BCUT2D eigenvalue weighted by molar-refractivity contribution is -0.138. The number of hydrogen-bond donors (Lipinski definition) is 0. The Labute approximate surface area is 259 Å². The van der Waals surface area contributed by atoms with Crippen LogP contribution in [0.3, 0.4) is 0 Å². The molecule has 44 heavy (non-hydrogen) atoms. The summed E-state index contributed by atoms with van der Waals surface area (Å²) in [6.07, 6.45) is -2.86. The van der Waals surface area contributed by atoms with Gasteiger partial charge in [0.25, 0.3) is 0 Å². The van der Waals surface area contributed by atoms with Crippen LogP contribution in [0.15, 0.2) is 121 Å². The van der Waals surface area contributed by atoms with Crippen LogP contribution in [0.2, 0.25) is 0 Å². The first-order chi connectivity index (χ1) is 21.0. The SMILES string of the molecule is FC(F)(F)c1cc(-c2ccoc2)c2c(c1)ncn2-c1ccccc1.FC(F)(F)c1cc(I)c2c(c1)ncn2-c1ccccc1. The first-order valence-corrected chi connectivity index (χ1v) is 14.0. The molecule has 0 atom stereocenters. The van der Waals surface area contributed by atoms with Crippen LogP contribution in [0.4, 0.5) is 26.3 Å². The van der Waals surface area contributed by atoms with Crippen molar-refractivity contribution in [1.29, 1.82) is 0 Å². The molecule has 0 radical (unpaired) electrons. The molecule has 7 rings (SSSR count). The van der Waals surface area contributed by atoms with Crippen molar-refractivity contribution >= 4 is 44.7 Å². The standard InChI is InChI=1S/C18H11F3N2O.C14H8F3IN2/c19-18(20,21)13-8-15(12-6-7-24-10-12)17-16(9-13)22-11-23(17)14-4-2-1-3-5-14;15-14(16,17)9-6-11(18)13-12(7-9)19-8-20(13)10-4-2-1-3-5-10/h1-11H;1-8H. The minimum atomic E-state index is -4.44. The molecule has 0 spiro atoms. The number of para-hydroxylation sites is 2. The van der Waals surface area contributed by atoms with Crippen molar-refractivity contribution in [1.82, 2.24) is 19.1 Å². The lowest BCUT2D eigenvalue weighted by Gasteiger charge is -2.12. The highest BCUT2D eigenvalue weighted by Gasteiger charge is 2.33. The third kappa shape index (κ3) is 5.81. The zero-order chi connectivity index (χ0) is 31.1. The Morgan fingerprint density at radius 3 is 1.61 bits per heavy atom. The normalized spacial score (nSPS) is 12.0. The Hall–Kier alpha value is -4.59. The van der Waals surface area contributed by atoms with E-state index >= 15 is 0 Å². The third-order valence-electron chi connectivity index (χ3n) is 6.80. The Balaban J connectivity index is 0.000000159. The second-order valence-corrected chi connectivity index (χ2v) is 10.8. The Morgan fingerprint density at radius 2 is 1.11 bits per heavy atom. The fourth-order valence-corrected chi connectivity index (χ4v) is 5.65. The minimum Gasteiger partial charge on any atom is -0.472 e. The third-order valence-corrected chi connectivity index (χ3v) is 7.62. The lowest BCUT2D eigenvalue weighted by atomic mass is 10.0. The summed E-state index contributed by atoms with van der Waals surface area (Å²) >= 11 is 1.91. The van der Waals surface area contributed by atoms with Gasteiger partial charge < -0.3 is 4.42 Å². The number of imidazole rings is 2. The van der Waals surface area contributed by atoms with Gasteiger partial charge in [0, 0.05) is 26.1 Å². The number of nitrogens with zero attached hydrogens (tertiary/aromatic N) is 4. The zero-order valence-electron chi connectivity index (χ0n) is 22.3. The van der Waals surface area contributed by atoms with Crippen molar-refractivity contribution in [3.8, 4) is 22.5 Å². The monoisotopic (exact) mass is 716 g/mol. The van der Waals surface area contributed by atoms with Gasteiger partial charge in [-0.2, -0.15) is 26.3 Å². The van der Waals surface area contributed by atoms with Crippen LogP contribution in [0, 0.1) is 3.57 Å². The molecule has 3 heterocycles. The van der Waals surface area contributed by atoms with Crippen molar-refractivity contribution in [3.05, 3.63) is 131 Å². The number of benzene rings is 4. The van der Waals surface area contributed by atoms with Gasteiger partial charge >= 0.3 is 12.4 Å². The maximum atomic E-state index is 13.2. The fourth-order valence-electron chi connectivity index (χ4n) is 4.78. The molecule has 0 aliphatic carbocycles. The van der Waals surface area contributed by atoms with Gasteiger partial charge in [-0.25, -0.2) is 9.97 Å². The quantitative estimate of drug-likeness (QED) is 0.135. The average molecular weight is 716 g/mol. The number of hydrogen-bond acceptors (Lipinski definition) is 3. The Kier molecular flexibility index (Phi) is 7.70. The molecule has 3 aromatic heterocycles. The lowest BCUT2D eigenvalue weighted by Crippen LogP contribution is -2.05. The molecule has 0 aliphatic rings. The van der Waals surface area contributed by atoms with Crippen LogP contribution in [0.25, 0.3) is 44.6 Å². The predicted octanol–water partition coefficient (Wildman–Crippen LogP) is 9.95. The number of fused-ring (bicyclic) bond motifs is 2. The molecule has 222 valence electrons. The highest BCUT2D eigenvalue weighted by atomic mass is 127. The van der Waals surface area contributed by atoms with Crippen LogP contribution in [-0.2, 0) is 12.4 Å². The summed E-state index contributed by atoms with van der Waals surface area (Å²) in [5.41, 5.74) is 3.20. The molecule has 0 amide bonds. The number of rotatable bonds is 3. The van der Waals surface area contributed by atoms with E-state index in [-0.39, 0.29) is 5.52 Å². The Bertz CT molecular complexity index is 2050. The molecule has 0 bridgehead atoms. The highest BCUT2D eigenvalue weighted by Crippen LogP contribution is 2.38. The van der Waals surface area contributed by atoms with E-state index in [1.165, 1.54) is 18.9 Å². The van der Waals surface area contributed by atoms with E-state index in [1.807, 2.05) is 83.3 Å². The van der Waals surface area contributed by atoms with E-state index in [9.17, 15) is 26.3 Å². The van der Waals surface area contributed by atoms with E-state index in [0.29, 0.717) is 31.2 Å². The van der Waals surface area contributed by atoms with E-state index in [0.717, 1.165) is 35.6 Å². The summed E-state index contributed by atoms with van der Waals surface area (Å²) < 4.78 is 87.1. The van der Waals surface area contributed by atoms with Gasteiger partial charge in [0.2, 0.25) is 0 Å². The van der Waals surface area contributed by atoms with Crippen LogP contribution < -0.4 is 0 Å². The number of halogens is 7.